The largest absolute Gasteiger partial charge is 0.351 e. The van der Waals surface area contributed by atoms with Crippen molar-refractivity contribution in [3.8, 4) is 0 Å². The molecule has 0 bridgehead atoms. The maximum atomic E-state index is 12.1. The third-order valence-electron chi connectivity index (χ3n) is 2.70. The summed E-state index contributed by atoms with van der Waals surface area (Å²) in [5, 5.41) is 2.43. The SMILES string of the molecule is CC(CN)N(C)C(=O)c1cccc(NC(N)=O)c1.Cl. The zero-order chi connectivity index (χ0) is 13.7. The highest BCUT2D eigenvalue weighted by atomic mass is 35.5. The van der Waals surface area contributed by atoms with Crippen molar-refractivity contribution in [3.05, 3.63) is 29.8 Å². The lowest BCUT2D eigenvalue weighted by atomic mass is 10.1. The van der Waals surface area contributed by atoms with Crippen molar-refractivity contribution in [2.75, 3.05) is 18.9 Å². The van der Waals surface area contributed by atoms with E-state index in [1.165, 1.54) is 0 Å². The number of urea groups is 1. The van der Waals surface area contributed by atoms with Crippen molar-refractivity contribution < 1.29 is 9.59 Å². The van der Waals surface area contributed by atoms with E-state index < -0.39 is 6.03 Å². The summed E-state index contributed by atoms with van der Waals surface area (Å²) in [7, 11) is 1.69. The number of benzene rings is 1. The van der Waals surface area contributed by atoms with Gasteiger partial charge >= 0.3 is 6.03 Å². The number of hydrogen-bond acceptors (Lipinski definition) is 3. The summed E-state index contributed by atoms with van der Waals surface area (Å²) in [5.74, 6) is -0.152. The number of amides is 3. The van der Waals surface area contributed by atoms with Crippen molar-refractivity contribution in [1.29, 1.82) is 0 Å². The van der Waals surface area contributed by atoms with Crippen LogP contribution >= 0.6 is 12.4 Å². The van der Waals surface area contributed by atoms with Crippen LogP contribution in [0.2, 0.25) is 0 Å². The first-order valence-electron chi connectivity index (χ1n) is 5.59. The van der Waals surface area contributed by atoms with Crippen LogP contribution in [-0.2, 0) is 0 Å². The number of likely N-dealkylation sites (N-methyl/N-ethyl adjacent to an activating group) is 1. The minimum absolute atomic E-state index is 0. The fourth-order valence-corrected chi connectivity index (χ4v) is 1.43. The van der Waals surface area contributed by atoms with E-state index in [0.717, 1.165) is 0 Å². The average Bonchev–Trinajstić information content (AvgIpc) is 2.35. The maximum absolute atomic E-state index is 12.1. The topological polar surface area (TPSA) is 101 Å². The number of nitrogens with one attached hydrogen (secondary N) is 1. The molecule has 19 heavy (non-hydrogen) atoms. The van der Waals surface area contributed by atoms with Gasteiger partial charge in [0.2, 0.25) is 0 Å². The molecule has 7 heteroatoms. The predicted octanol–water partition coefficient (Wildman–Crippen LogP) is 1.02. The molecule has 1 unspecified atom stereocenters. The number of rotatable bonds is 4. The Morgan fingerprint density at radius 3 is 2.58 bits per heavy atom. The summed E-state index contributed by atoms with van der Waals surface area (Å²) in [6.07, 6.45) is 0. The van der Waals surface area contributed by atoms with Gasteiger partial charge in [-0.25, -0.2) is 4.79 Å². The number of anilines is 1. The standard InChI is InChI=1S/C12H18N4O2.ClH/c1-8(7-13)16(2)11(17)9-4-3-5-10(6-9)15-12(14)18;/h3-6,8H,7,13H2,1-2H3,(H3,14,15,18);1H. The van der Waals surface area contributed by atoms with Gasteiger partial charge < -0.3 is 21.7 Å². The molecule has 0 heterocycles. The van der Waals surface area contributed by atoms with Crippen molar-refractivity contribution in [2.45, 2.75) is 13.0 Å². The maximum Gasteiger partial charge on any atom is 0.316 e. The van der Waals surface area contributed by atoms with E-state index in [2.05, 4.69) is 5.32 Å². The average molecular weight is 287 g/mol. The van der Waals surface area contributed by atoms with Gasteiger partial charge in [-0.15, -0.1) is 12.4 Å². The van der Waals surface area contributed by atoms with Gasteiger partial charge in [0.05, 0.1) is 0 Å². The summed E-state index contributed by atoms with van der Waals surface area (Å²) < 4.78 is 0. The molecule has 106 valence electrons. The Hall–Kier alpha value is -1.79. The van der Waals surface area contributed by atoms with Crippen LogP contribution < -0.4 is 16.8 Å². The Balaban J connectivity index is 0.00000324. The van der Waals surface area contributed by atoms with E-state index in [0.29, 0.717) is 17.8 Å². The number of hydrogen-bond donors (Lipinski definition) is 3. The number of nitrogens with two attached hydrogens (primary N) is 2. The summed E-state index contributed by atoms with van der Waals surface area (Å²) in [5.41, 5.74) is 11.5. The summed E-state index contributed by atoms with van der Waals surface area (Å²) in [6.45, 7) is 2.25. The Labute approximate surface area is 118 Å². The molecule has 0 aliphatic rings. The summed E-state index contributed by atoms with van der Waals surface area (Å²) >= 11 is 0. The molecule has 1 aromatic rings. The fourth-order valence-electron chi connectivity index (χ4n) is 1.43. The van der Waals surface area contributed by atoms with Crippen LogP contribution in [0.1, 0.15) is 17.3 Å². The normalized spacial score (nSPS) is 11.1. The number of carbonyl (C=O) groups excluding carboxylic acids is 2. The molecule has 0 aromatic heterocycles. The second-order valence-corrected chi connectivity index (χ2v) is 4.07. The van der Waals surface area contributed by atoms with Crippen molar-refractivity contribution in [1.82, 2.24) is 4.90 Å². The molecular weight excluding hydrogens is 268 g/mol. The lowest BCUT2D eigenvalue weighted by Gasteiger charge is -2.23. The molecule has 1 aromatic carbocycles. The smallest absolute Gasteiger partial charge is 0.316 e. The molecule has 1 rings (SSSR count). The highest BCUT2D eigenvalue weighted by Crippen LogP contribution is 2.13. The first kappa shape index (κ1) is 17.2. The Kier molecular flexibility index (Phi) is 6.89. The Morgan fingerprint density at radius 2 is 2.05 bits per heavy atom. The minimum Gasteiger partial charge on any atom is -0.351 e. The molecule has 0 radical (unpaired) electrons. The molecule has 0 spiro atoms. The van der Waals surface area contributed by atoms with Crippen molar-refractivity contribution >= 4 is 30.0 Å². The van der Waals surface area contributed by atoms with Crippen LogP contribution in [0, 0.1) is 0 Å². The highest BCUT2D eigenvalue weighted by molar-refractivity contribution is 5.96. The zero-order valence-electron chi connectivity index (χ0n) is 10.9. The molecule has 0 saturated heterocycles. The van der Waals surface area contributed by atoms with Crippen molar-refractivity contribution in [2.24, 2.45) is 11.5 Å². The van der Waals surface area contributed by atoms with E-state index in [1.807, 2.05) is 6.92 Å². The first-order valence-corrected chi connectivity index (χ1v) is 5.59. The molecule has 0 aliphatic heterocycles. The van der Waals surface area contributed by atoms with E-state index >= 15 is 0 Å². The molecule has 0 aliphatic carbocycles. The Bertz CT molecular complexity index is 453. The monoisotopic (exact) mass is 286 g/mol. The first-order chi connectivity index (χ1) is 8.45. The lowest BCUT2D eigenvalue weighted by Crippen LogP contribution is -2.39. The van der Waals surface area contributed by atoms with Crippen molar-refractivity contribution in [3.63, 3.8) is 0 Å². The van der Waals surface area contributed by atoms with Gasteiger partial charge in [-0.1, -0.05) is 6.07 Å². The van der Waals surface area contributed by atoms with E-state index in [1.54, 1.807) is 36.2 Å². The van der Waals surface area contributed by atoms with Crippen LogP contribution in [0.15, 0.2) is 24.3 Å². The molecular formula is C12H19ClN4O2. The number of nitrogens with zero attached hydrogens (tertiary/aromatic N) is 1. The van der Waals surface area contributed by atoms with Gasteiger partial charge in [0.25, 0.3) is 5.91 Å². The second kappa shape index (κ2) is 7.60. The third-order valence-corrected chi connectivity index (χ3v) is 2.70. The van der Waals surface area contributed by atoms with Gasteiger partial charge in [-0.05, 0) is 25.1 Å². The van der Waals surface area contributed by atoms with Gasteiger partial charge in [-0.3, -0.25) is 4.79 Å². The van der Waals surface area contributed by atoms with Crippen LogP contribution in [0.3, 0.4) is 0 Å². The van der Waals surface area contributed by atoms with Crippen LogP contribution in [0.4, 0.5) is 10.5 Å². The highest BCUT2D eigenvalue weighted by Gasteiger charge is 2.16. The molecule has 0 saturated carbocycles. The summed E-state index contributed by atoms with van der Waals surface area (Å²) in [4.78, 5) is 24.4. The second-order valence-electron chi connectivity index (χ2n) is 4.07. The minimum atomic E-state index is -0.664. The lowest BCUT2D eigenvalue weighted by molar-refractivity contribution is 0.0748. The molecule has 3 amide bonds. The third kappa shape index (κ3) is 4.76. The zero-order valence-corrected chi connectivity index (χ0v) is 11.7. The Morgan fingerprint density at radius 1 is 1.42 bits per heavy atom. The molecule has 0 fully saturated rings. The molecule has 1 atom stereocenters. The van der Waals surface area contributed by atoms with Crippen LogP contribution in [-0.4, -0.2) is 36.5 Å². The molecule has 6 nitrogen and oxygen atoms in total. The van der Waals surface area contributed by atoms with E-state index in [9.17, 15) is 9.59 Å². The number of carbonyl (C=O) groups is 2. The number of primary amides is 1. The van der Waals surface area contributed by atoms with Gasteiger partial charge in [0.1, 0.15) is 0 Å². The van der Waals surface area contributed by atoms with Crippen LogP contribution in [0.25, 0.3) is 0 Å². The van der Waals surface area contributed by atoms with Gasteiger partial charge in [0.15, 0.2) is 0 Å². The molecule has 5 N–H and O–H groups in total. The fraction of sp³-hybridized carbons (Fsp3) is 0.333. The van der Waals surface area contributed by atoms with Gasteiger partial charge in [-0.2, -0.15) is 0 Å². The quantitative estimate of drug-likeness (QED) is 0.770. The number of halogens is 1. The van der Waals surface area contributed by atoms with E-state index in [4.69, 9.17) is 11.5 Å². The summed E-state index contributed by atoms with van der Waals surface area (Å²) in [6, 6.07) is 5.88. The van der Waals surface area contributed by atoms with Crippen LogP contribution in [0.5, 0.6) is 0 Å². The predicted molar refractivity (Wildman–Crippen MR) is 77.5 cm³/mol. The van der Waals surface area contributed by atoms with Gasteiger partial charge in [0, 0.05) is 30.9 Å². The van der Waals surface area contributed by atoms with E-state index in [-0.39, 0.29) is 24.4 Å².